The first kappa shape index (κ1) is 13.0. The average Bonchev–Trinajstić information content (AvgIpc) is 2.88. The highest BCUT2D eigenvalue weighted by Gasteiger charge is 2.20. The quantitative estimate of drug-likeness (QED) is 0.924. The summed E-state index contributed by atoms with van der Waals surface area (Å²) < 4.78 is 7.11. The second kappa shape index (κ2) is 5.02. The maximum Gasteiger partial charge on any atom is 0.139 e. The summed E-state index contributed by atoms with van der Waals surface area (Å²) in [5.41, 5.74) is 8.19. The number of hydrogen-bond acceptors (Lipinski definition) is 4. The molecule has 5 heteroatoms. The molecule has 0 saturated heterocycles. The van der Waals surface area contributed by atoms with Crippen LogP contribution in [0.3, 0.4) is 0 Å². The molecule has 4 nitrogen and oxygen atoms in total. The summed E-state index contributed by atoms with van der Waals surface area (Å²) in [6.45, 7) is 4.36. The molecule has 2 aromatic rings. The first-order valence-electron chi connectivity index (χ1n) is 5.97. The third-order valence-electron chi connectivity index (χ3n) is 2.87. The number of thiophene rings is 1. The van der Waals surface area contributed by atoms with Gasteiger partial charge in [0.25, 0.3) is 0 Å². The lowest BCUT2D eigenvalue weighted by Crippen LogP contribution is -2.02. The predicted molar refractivity (Wildman–Crippen MR) is 76.0 cm³/mol. The van der Waals surface area contributed by atoms with Crippen LogP contribution in [0.15, 0.2) is 11.4 Å². The Labute approximate surface area is 111 Å². The van der Waals surface area contributed by atoms with Crippen molar-refractivity contribution in [2.45, 2.75) is 20.3 Å². The maximum absolute atomic E-state index is 6.11. The zero-order valence-electron chi connectivity index (χ0n) is 11.2. The van der Waals surface area contributed by atoms with Gasteiger partial charge in [0.1, 0.15) is 17.3 Å². The molecule has 98 valence electrons. The van der Waals surface area contributed by atoms with Gasteiger partial charge in [0.15, 0.2) is 0 Å². The van der Waals surface area contributed by atoms with E-state index in [0.29, 0.717) is 5.92 Å². The van der Waals surface area contributed by atoms with Crippen LogP contribution in [-0.4, -0.2) is 16.9 Å². The number of aromatic nitrogens is 2. The summed E-state index contributed by atoms with van der Waals surface area (Å²) in [6.07, 6.45) is 0.927. The van der Waals surface area contributed by atoms with Crippen molar-refractivity contribution in [1.82, 2.24) is 9.78 Å². The number of anilines is 1. The van der Waals surface area contributed by atoms with Crippen LogP contribution in [0.25, 0.3) is 10.6 Å². The van der Waals surface area contributed by atoms with Gasteiger partial charge in [-0.15, -0.1) is 11.3 Å². The number of hydrogen-bond donors (Lipinski definition) is 1. The standard InChI is InChI=1S/C13H19N3OS/c1-8(2)7-9-11(15-16(3)13(9)14)12-10(17-4)5-6-18-12/h5-6,8H,7,14H2,1-4H3. The second-order valence-corrected chi connectivity index (χ2v) is 5.67. The topological polar surface area (TPSA) is 53.1 Å². The van der Waals surface area contributed by atoms with Gasteiger partial charge < -0.3 is 10.5 Å². The van der Waals surface area contributed by atoms with Crippen LogP contribution in [0.1, 0.15) is 19.4 Å². The van der Waals surface area contributed by atoms with E-state index < -0.39 is 0 Å². The van der Waals surface area contributed by atoms with E-state index in [1.165, 1.54) is 0 Å². The molecule has 0 saturated carbocycles. The van der Waals surface area contributed by atoms with Gasteiger partial charge in [-0.3, -0.25) is 4.68 Å². The zero-order valence-corrected chi connectivity index (χ0v) is 12.0. The van der Waals surface area contributed by atoms with Crippen molar-refractivity contribution in [3.63, 3.8) is 0 Å². The van der Waals surface area contributed by atoms with Crippen LogP contribution in [0.5, 0.6) is 5.75 Å². The zero-order chi connectivity index (χ0) is 13.3. The van der Waals surface area contributed by atoms with Crippen molar-refractivity contribution < 1.29 is 4.74 Å². The Hall–Kier alpha value is -1.49. The lowest BCUT2D eigenvalue weighted by Gasteiger charge is -2.06. The Balaban J connectivity index is 2.53. The van der Waals surface area contributed by atoms with E-state index in [2.05, 4.69) is 18.9 Å². The normalized spacial score (nSPS) is 11.2. The molecular weight excluding hydrogens is 246 g/mol. The molecule has 0 aromatic carbocycles. The summed E-state index contributed by atoms with van der Waals surface area (Å²) in [6, 6.07) is 1.96. The van der Waals surface area contributed by atoms with Crippen molar-refractivity contribution >= 4 is 17.2 Å². The highest BCUT2D eigenvalue weighted by Crippen LogP contribution is 2.38. The minimum Gasteiger partial charge on any atom is -0.495 e. The molecule has 0 aliphatic rings. The molecule has 0 bridgehead atoms. The molecule has 0 atom stereocenters. The summed E-state index contributed by atoms with van der Waals surface area (Å²) in [5, 5.41) is 6.55. The van der Waals surface area contributed by atoms with E-state index in [1.54, 1.807) is 23.1 Å². The summed E-state index contributed by atoms with van der Waals surface area (Å²) in [7, 11) is 3.56. The minimum absolute atomic E-state index is 0.543. The van der Waals surface area contributed by atoms with Crippen LogP contribution in [0.4, 0.5) is 5.82 Å². The SMILES string of the molecule is COc1ccsc1-c1nn(C)c(N)c1CC(C)C. The fraction of sp³-hybridized carbons (Fsp3) is 0.462. The van der Waals surface area contributed by atoms with E-state index in [9.17, 15) is 0 Å². The highest BCUT2D eigenvalue weighted by molar-refractivity contribution is 7.14. The molecule has 0 spiro atoms. The molecule has 2 N–H and O–H groups in total. The molecule has 0 amide bonds. The molecule has 2 rings (SSSR count). The van der Waals surface area contributed by atoms with Crippen molar-refractivity contribution in [3.05, 3.63) is 17.0 Å². The number of nitrogens with two attached hydrogens (primary N) is 1. The van der Waals surface area contributed by atoms with E-state index >= 15 is 0 Å². The number of rotatable bonds is 4. The molecule has 0 radical (unpaired) electrons. The Morgan fingerprint density at radius 1 is 1.50 bits per heavy atom. The summed E-state index contributed by atoms with van der Waals surface area (Å²) in [4.78, 5) is 1.06. The molecule has 0 fully saturated rings. The Morgan fingerprint density at radius 3 is 2.83 bits per heavy atom. The third kappa shape index (κ3) is 2.22. The van der Waals surface area contributed by atoms with Crippen molar-refractivity contribution in [2.24, 2.45) is 13.0 Å². The molecular formula is C13H19N3OS. The van der Waals surface area contributed by atoms with Gasteiger partial charge in [-0.25, -0.2) is 0 Å². The first-order chi connectivity index (χ1) is 8.54. The van der Waals surface area contributed by atoms with Gasteiger partial charge >= 0.3 is 0 Å². The van der Waals surface area contributed by atoms with Crippen molar-refractivity contribution in [1.29, 1.82) is 0 Å². The lowest BCUT2D eigenvalue weighted by molar-refractivity contribution is 0.418. The predicted octanol–water partition coefficient (Wildman–Crippen LogP) is 2.94. The number of aryl methyl sites for hydroxylation is 1. The van der Waals surface area contributed by atoms with Gasteiger partial charge in [-0.1, -0.05) is 13.8 Å². The van der Waals surface area contributed by atoms with E-state index in [-0.39, 0.29) is 0 Å². The largest absolute Gasteiger partial charge is 0.495 e. The number of nitrogen functional groups attached to an aromatic ring is 1. The van der Waals surface area contributed by atoms with Crippen LogP contribution in [-0.2, 0) is 13.5 Å². The number of ether oxygens (including phenoxy) is 1. The smallest absolute Gasteiger partial charge is 0.139 e. The Bertz CT molecular complexity index is 542. The Morgan fingerprint density at radius 2 is 2.22 bits per heavy atom. The molecule has 18 heavy (non-hydrogen) atoms. The van der Waals surface area contributed by atoms with E-state index in [1.807, 2.05) is 18.5 Å². The fourth-order valence-electron chi connectivity index (χ4n) is 2.00. The van der Waals surface area contributed by atoms with Gasteiger partial charge in [-0.05, 0) is 23.8 Å². The van der Waals surface area contributed by atoms with Gasteiger partial charge in [0.2, 0.25) is 0 Å². The second-order valence-electron chi connectivity index (χ2n) is 4.75. The van der Waals surface area contributed by atoms with Gasteiger partial charge in [0.05, 0.1) is 12.0 Å². The molecule has 0 aliphatic carbocycles. The van der Waals surface area contributed by atoms with Gasteiger partial charge in [0, 0.05) is 12.6 Å². The van der Waals surface area contributed by atoms with Gasteiger partial charge in [-0.2, -0.15) is 5.10 Å². The molecule has 2 heterocycles. The van der Waals surface area contributed by atoms with Crippen LogP contribution in [0, 0.1) is 5.92 Å². The summed E-state index contributed by atoms with van der Waals surface area (Å²) in [5.74, 6) is 2.15. The maximum atomic E-state index is 6.11. The average molecular weight is 265 g/mol. The highest BCUT2D eigenvalue weighted by atomic mass is 32.1. The minimum atomic E-state index is 0.543. The van der Waals surface area contributed by atoms with Crippen LogP contribution >= 0.6 is 11.3 Å². The van der Waals surface area contributed by atoms with Crippen molar-refractivity contribution in [3.8, 4) is 16.3 Å². The molecule has 0 unspecified atom stereocenters. The first-order valence-corrected chi connectivity index (χ1v) is 6.85. The van der Waals surface area contributed by atoms with Crippen LogP contribution in [0.2, 0.25) is 0 Å². The van der Waals surface area contributed by atoms with E-state index in [0.717, 1.165) is 34.1 Å². The molecule has 2 aromatic heterocycles. The summed E-state index contributed by atoms with van der Waals surface area (Å²) >= 11 is 1.63. The number of nitrogens with zero attached hydrogens (tertiary/aromatic N) is 2. The number of methoxy groups -OCH3 is 1. The fourth-order valence-corrected chi connectivity index (χ4v) is 2.87. The van der Waals surface area contributed by atoms with E-state index in [4.69, 9.17) is 10.5 Å². The Kier molecular flexibility index (Phi) is 3.61. The monoisotopic (exact) mass is 265 g/mol. The molecule has 0 aliphatic heterocycles. The van der Waals surface area contributed by atoms with Crippen LogP contribution < -0.4 is 10.5 Å². The third-order valence-corrected chi connectivity index (χ3v) is 3.77. The lowest BCUT2D eigenvalue weighted by atomic mass is 10.0. The van der Waals surface area contributed by atoms with Crippen molar-refractivity contribution in [2.75, 3.05) is 12.8 Å².